The summed E-state index contributed by atoms with van der Waals surface area (Å²) in [6, 6.07) is 12.5. The van der Waals surface area contributed by atoms with Gasteiger partial charge in [0.1, 0.15) is 12.0 Å². The van der Waals surface area contributed by atoms with Crippen LogP contribution >= 0.6 is 0 Å². The largest absolute Gasteiger partial charge is 0.467 e. The predicted octanol–water partition coefficient (Wildman–Crippen LogP) is 2.13. The van der Waals surface area contributed by atoms with Crippen molar-refractivity contribution in [2.75, 3.05) is 13.1 Å². The molecule has 1 aromatic heterocycles. The first-order chi connectivity index (χ1) is 11.3. The maximum absolute atomic E-state index is 12.2. The number of hydrogen-bond donors (Lipinski definition) is 2. The number of hydrogen-bond acceptors (Lipinski definition) is 4. The van der Waals surface area contributed by atoms with Crippen molar-refractivity contribution >= 4 is 5.91 Å². The molecule has 122 valence electrons. The molecular formula is C18H23N3O2. The summed E-state index contributed by atoms with van der Waals surface area (Å²) < 4.78 is 5.21. The first-order valence-electron chi connectivity index (χ1n) is 8.10. The molecule has 1 aromatic carbocycles. The summed E-state index contributed by atoms with van der Waals surface area (Å²) in [5.41, 5.74) is 7.35. The summed E-state index contributed by atoms with van der Waals surface area (Å²) in [6.07, 6.45) is 3.76. The Morgan fingerprint density at radius 1 is 1.35 bits per heavy atom. The van der Waals surface area contributed by atoms with Crippen LogP contribution in [0.5, 0.6) is 0 Å². The number of benzene rings is 1. The van der Waals surface area contributed by atoms with Gasteiger partial charge in [-0.15, -0.1) is 0 Å². The Morgan fingerprint density at radius 3 is 2.91 bits per heavy atom. The molecular weight excluding hydrogens is 290 g/mol. The molecule has 3 rings (SSSR count). The number of carbonyl (C=O) groups excluding carboxylic acids is 1. The van der Waals surface area contributed by atoms with E-state index in [2.05, 4.69) is 34.5 Å². The molecule has 0 aliphatic carbocycles. The average Bonchev–Trinajstić information content (AvgIpc) is 3.23. The lowest BCUT2D eigenvalue weighted by Gasteiger charge is -2.24. The fourth-order valence-electron chi connectivity index (χ4n) is 3.07. The van der Waals surface area contributed by atoms with Gasteiger partial charge in [0, 0.05) is 19.1 Å². The fourth-order valence-corrected chi connectivity index (χ4v) is 3.07. The van der Waals surface area contributed by atoms with E-state index in [4.69, 9.17) is 10.2 Å². The van der Waals surface area contributed by atoms with Crippen molar-refractivity contribution in [1.82, 2.24) is 10.2 Å². The molecule has 1 atom stereocenters. The summed E-state index contributed by atoms with van der Waals surface area (Å²) in [5.74, 6) is 0.529. The van der Waals surface area contributed by atoms with Crippen molar-refractivity contribution in [3.05, 3.63) is 59.5 Å². The molecule has 1 saturated heterocycles. The molecule has 1 aliphatic heterocycles. The van der Waals surface area contributed by atoms with Crippen LogP contribution in [0.1, 0.15) is 34.5 Å². The van der Waals surface area contributed by atoms with Crippen molar-refractivity contribution in [3.8, 4) is 0 Å². The highest BCUT2D eigenvalue weighted by Crippen LogP contribution is 2.19. The molecule has 1 unspecified atom stereocenters. The predicted molar refractivity (Wildman–Crippen MR) is 88.8 cm³/mol. The second-order valence-corrected chi connectivity index (χ2v) is 5.97. The Labute approximate surface area is 136 Å². The molecule has 0 saturated carbocycles. The van der Waals surface area contributed by atoms with E-state index >= 15 is 0 Å². The quantitative estimate of drug-likeness (QED) is 0.857. The van der Waals surface area contributed by atoms with Gasteiger partial charge < -0.3 is 15.5 Å². The van der Waals surface area contributed by atoms with Gasteiger partial charge in [-0.25, -0.2) is 0 Å². The van der Waals surface area contributed by atoms with Gasteiger partial charge in [-0.05, 0) is 31.0 Å². The first kappa shape index (κ1) is 15.8. The van der Waals surface area contributed by atoms with Crippen molar-refractivity contribution in [1.29, 1.82) is 0 Å². The van der Waals surface area contributed by atoms with E-state index < -0.39 is 0 Å². The van der Waals surface area contributed by atoms with Crippen LogP contribution in [-0.2, 0) is 13.1 Å². The van der Waals surface area contributed by atoms with E-state index in [0.29, 0.717) is 30.5 Å². The Kier molecular flexibility index (Phi) is 5.10. The maximum Gasteiger partial charge on any atom is 0.254 e. The molecule has 2 heterocycles. The topological polar surface area (TPSA) is 71.5 Å². The highest BCUT2D eigenvalue weighted by Gasteiger charge is 2.25. The Balaban J connectivity index is 1.53. The minimum Gasteiger partial charge on any atom is -0.467 e. The Morgan fingerprint density at radius 2 is 2.17 bits per heavy atom. The first-order valence-corrected chi connectivity index (χ1v) is 8.10. The molecule has 1 aliphatic rings. The fraction of sp³-hybridized carbons (Fsp3) is 0.389. The molecule has 5 nitrogen and oxygen atoms in total. The van der Waals surface area contributed by atoms with Gasteiger partial charge in [0.2, 0.25) is 0 Å². The molecule has 3 N–H and O–H groups in total. The van der Waals surface area contributed by atoms with Gasteiger partial charge in [0.25, 0.3) is 5.91 Å². The van der Waals surface area contributed by atoms with Crippen LogP contribution in [0, 0.1) is 0 Å². The summed E-state index contributed by atoms with van der Waals surface area (Å²) in [4.78, 5) is 14.6. The van der Waals surface area contributed by atoms with Crippen LogP contribution in [0.25, 0.3) is 0 Å². The van der Waals surface area contributed by atoms with E-state index in [1.807, 2.05) is 6.07 Å². The Bertz CT molecular complexity index is 639. The van der Waals surface area contributed by atoms with E-state index in [1.54, 1.807) is 6.07 Å². The second kappa shape index (κ2) is 7.44. The zero-order valence-corrected chi connectivity index (χ0v) is 13.2. The highest BCUT2D eigenvalue weighted by molar-refractivity contribution is 5.93. The van der Waals surface area contributed by atoms with Crippen LogP contribution in [0.15, 0.2) is 47.1 Å². The van der Waals surface area contributed by atoms with Gasteiger partial charge in [-0.1, -0.05) is 30.3 Å². The molecule has 5 heteroatoms. The lowest BCUT2D eigenvalue weighted by atomic mass is 10.1. The third kappa shape index (κ3) is 4.00. The van der Waals surface area contributed by atoms with Crippen molar-refractivity contribution in [2.24, 2.45) is 5.73 Å². The highest BCUT2D eigenvalue weighted by atomic mass is 16.3. The normalized spacial score (nSPS) is 18.2. The van der Waals surface area contributed by atoms with Gasteiger partial charge in [-0.2, -0.15) is 0 Å². The standard InChI is InChI=1S/C18H23N3O2/c19-10-17-9-15(13-23-17)18(22)20-11-16-7-4-8-21(16)12-14-5-2-1-3-6-14/h1-3,5-6,9,13,16H,4,7-8,10-12,19H2,(H,20,22). The van der Waals surface area contributed by atoms with E-state index in [9.17, 15) is 4.79 Å². The number of rotatable bonds is 6. The van der Waals surface area contributed by atoms with Crippen molar-refractivity contribution < 1.29 is 9.21 Å². The molecule has 0 bridgehead atoms. The number of likely N-dealkylation sites (tertiary alicyclic amines) is 1. The van der Waals surface area contributed by atoms with Crippen LogP contribution in [-0.4, -0.2) is 29.9 Å². The third-order valence-corrected chi connectivity index (χ3v) is 4.34. The van der Waals surface area contributed by atoms with Crippen LogP contribution in [0.4, 0.5) is 0 Å². The molecule has 0 spiro atoms. The van der Waals surface area contributed by atoms with E-state index in [1.165, 1.54) is 18.2 Å². The zero-order chi connectivity index (χ0) is 16.1. The van der Waals surface area contributed by atoms with E-state index in [-0.39, 0.29) is 5.91 Å². The van der Waals surface area contributed by atoms with Crippen LogP contribution in [0.3, 0.4) is 0 Å². The molecule has 1 fully saturated rings. The molecule has 0 radical (unpaired) electrons. The molecule has 2 aromatic rings. The SMILES string of the molecule is NCc1cc(C(=O)NCC2CCCN2Cc2ccccc2)co1. The third-order valence-electron chi connectivity index (χ3n) is 4.34. The summed E-state index contributed by atoms with van der Waals surface area (Å²) >= 11 is 0. The van der Waals surface area contributed by atoms with Crippen molar-refractivity contribution in [3.63, 3.8) is 0 Å². The Hall–Kier alpha value is -2.11. The minimum absolute atomic E-state index is 0.0972. The molecule has 23 heavy (non-hydrogen) atoms. The number of nitrogens with zero attached hydrogens (tertiary/aromatic N) is 1. The number of carbonyl (C=O) groups is 1. The second-order valence-electron chi connectivity index (χ2n) is 5.97. The monoisotopic (exact) mass is 313 g/mol. The number of nitrogens with one attached hydrogen (secondary N) is 1. The van der Waals surface area contributed by atoms with Gasteiger partial charge in [-0.3, -0.25) is 9.69 Å². The molecule has 1 amide bonds. The van der Waals surface area contributed by atoms with Gasteiger partial charge >= 0.3 is 0 Å². The van der Waals surface area contributed by atoms with Crippen LogP contribution in [0.2, 0.25) is 0 Å². The van der Waals surface area contributed by atoms with E-state index in [0.717, 1.165) is 19.5 Å². The summed E-state index contributed by atoms with van der Waals surface area (Å²) in [7, 11) is 0. The number of amides is 1. The zero-order valence-electron chi connectivity index (χ0n) is 13.2. The summed E-state index contributed by atoms with van der Waals surface area (Å²) in [5, 5.41) is 3.01. The maximum atomic E-state index is 12.2. The van der Waals surface area contributed by atoms with Crippen LogP contribution < -0.4 is 11.1 Å². The average molecular weight is 313 g/mol. The number of nitrogens with two attached hydrogens (primary N) is 1. The van der Waals surface area contributed by atoms with Crippen molar-refractivity contribution in [2.45, 2.75) is 32.0 Å². The van der Waals surface area contributed by atoms with Gasteiger partial charge in [0.15, 0.2) is 0 Å². The lowest BCUT2D eigenvalue weighted by molar-refractivity contribution is 0.0939. The smallest absolute Gasteiger partial charge is 0.254 e. The minimum atomic E-state index is -0.0972. The lowest BCUT2D eigenvalue weighted by Crippen LogP contribution is -2.39. The number of furan rings is 1. The summed E-state index contributed by atoms with van der Waals surface area (Å²) in [6.45, 7) is 2.98. The van der Waals surface area contributed by atoms with Gasteiger partial charge in [0.05, 0.1) is 12.1 Å².